The van der Waals surface area contributed by atoms with Crippen molar-refractivity contribution in [3.05, 3.63) is 71.0 Å². The molecular formula is C16H15F4NO2S. The maximum Gasteiger partial charge on any atom is 0.416 e. The van der Waals surface area contributed by atoms with Gasteiger partial charge in [-0.3, -0.25) is 0 Å². The van der Waals surface area contributed by atoms with E-state index in [1.54, 1.807) is 0 Å². The van der Waals surface area contributed by atoms with Crippen molar-refractivity contribution < 1.29 is 26.0 Å². The monoisotopic (exact) mass is 361 g/mol. The van der Waals surface area contributed by atoms with Crippen molar-refractivity contribution in [2.45, 2.75) is 18.5 Å². The summed E-state index contributed by atoms with van der Waals surface area (Å²) in [6, 6.07) is 9.73. The fraction of sp³-hybridized carbons (Fsp3) is 0.250. The van der Waals surface area contributed by atoms with Gasteiger partial charge >= 0.3 is 6.18 Å². The van der Waals surface area contributed by atoms with Gasteiger partial charge in [-0.15, -0.1) is 0 Å². The van der Waals surface area contributed by atoms with E-state index in [0.717, 1.165) is 22.5 Å². The molecule has 0 aliphatic heterocycles. The first kappa shape index (κ1) is 18.4. The smallest absolute Gasteiger partial charge is 0.212 e. The third kappa shape index (κ3) is 4.55. The van der Waals surface area contributed by atoms with Gasteiger partial charge in [0.1, 0.15) is 5.82 Å². The molecule has 2 aromatic carbocycles. The Morgan fingerprint density at radius 2 is 1.58 bits per heavy atom. The molecule has 130 valence electrons. The highest BCUT2D eigenvalue weighted by Gasteiger charge is 2.33. The van der Waals surface area contributed by atoms with Crippen LogP contribution in [0.1, 0.15) is 16.7 Å². The summed E-state index contributed by atoms with van der Waals surface area (Å²) in [5, 5.41) is 0. The highest BCUT2D eigenvalue weighted by molar-refractivity contribution is 7.88. The first-order chi connectivity index (χ1) is 11.1. The number of hydrogen-bond acceptors (Lipinski definition) is 2. The lowest BCUT2D eigenvalue weighted by Gasteiger charge is -2.20. The van der Waals surface area contributed by atoms with Crippen LogP contribution in [0.25, 0.3) is 0 Å². The van der Waals surface area contributed by atoms with E-state index >= 15 is 0 Å². The standard InChI is InChI=1S/C16H15F4NO2S/c1-21(10-13-4-2-3-5-15(13)16(18,19)20)24(22,23)11-12-6-8-14(17)9-7-12/h2-9H,10-11H2,1H3. The van der Waals surface area contributed by atoms with E-state index in [2.05, 4.69) is 0 Å². The van der Waals surface area contributed by atoms with E-state index in [4.69, 9.17) is 0 Å². The zero-order chi connectivity index (χ0) is 18.0. The molecule has 0 radical (unpaired) electrons. The first-order valence-corrected chi connectivity index (χ1v) is 8.54. The summed E-state index contributed by atoms with van der Waals surface area (Å²) in [7, 11) is -2.63. The van der Waals surface area contributed by atoms with E-state index < -0.39 is 39.9 Å². The Morgan fingerprint density at radius 3 is 2.17 bits per heavy atom. The third-order valence-electron chi connectivity index (χ3n) is 3.45. The van der Waals surface area contributed by atoms with Gasteiger partial charge in [-0.05, 0) is 29.3 Å². The van der Waals surface area contributed by atoms with Gasteiger partial charge in [0.2, 0.25) is 10.0 Å². The Hall–Kier alpha value is -1.93. The molecule has 0 heterocycles. The molecule has 0 fully saturated rings. The third-order valence-corrected chi connectivity index (χ3v) is 5.23. The predicted octanol–water partition coefficient (Wildman–Crippen LogP) is 3.81. The van der Waals surface area contributed by atoms with Crippen LogP contribution >= 0.6 is 0 Å². The van der Waals surface area contributed by atoms with Crippen molar-refractivity contribution in [2.24, 2.45) is 0 Å². The zero-order valence-electron chi connectivity index (χ0n) is 12.7. The van der Waals surface area contributed by atoms with Gasteiger partial charge < -0.3 is 0 Å². The number of halogens is 4. The summed E-state index contributed by atoms with van der Waals surface area (Å²) in [6.07, 6.45) is -4.56. The molecule has 0 unspecified atom stereocenters. The first-order valence-electron chi connectivity index (χ1n) is 6.93. The molecule has 0 aliphatic carbocycles. The van der Waals surface area contributed by atoms with Crippen molar-refractivity contribution in [1.29, 1.82) is 0 Å². The number of hydrogen-bond donors (Lipinski definition) is 0. The summed E-state index contributed by atoms with van der Waals surface area (Å²) in [4.78, 5) is 0. The van der Waals surface area contributed by atoms with E-state index in [-0.39, 0.29) is 5.56 Å². The normalized spacial score (nSPS) is 12.6. The molecule has 3 nitrogen and oxygen atoms in total. The highest BCUT2D eigenvalue weighted by atomic mass is 32.2. The second kappa shape index (κ2) is 6.90. The maximum atomic E-state index is 13.0. The van der Waals surface area contributed by atoms with Gasteiger partial charge in [0.05, 0.1) is 11.3 Å². The topological polar surface area (TPSA) is 37.4 Å². The number of alkyl halides is 3. The zero-order valence-corrected chi connectivity index (χ0v) is 13.5. The molecule has 24 heavy (non-hydrogen) atoms. The quantitative estimate of drug-likeness (QED) is 0.760. The largest absolute Gasteiger partial charge is 0.416 e. The van der Waals surface area contributed by atoms with Crippen molar-refractivity contribution >= 4 is 10.0 Å². The summed E-state index contributed by atoms with van der Waals surface area (Å²) >= 11 is 0. The van der Waals surface area contributed by atoms with Crippen LogP contribution in [-0.2, 0) is 28.5 Å². The van der Waals surface area contributed by atoms with E-state index in [9.17, 15) is 26.0 Å². The Morgan fingerprint density at radius 1 is 1.00 bits per heavy atom. The summed E-state index contributed by atoms with van der Waals surface area (Å²) in [5.41, 5.74) is -0.642. The number of sulfonamides is 1. The predicted molar refractivity (Wildman–Crippen MR) is 81.9 cm³/mol. The van der Waals surface area contributed by atoms with E-state index in [0.29, 0.717) is 5.56 Å². The van der Waals surface area contributed by atoms with Gasteiger partial charge in [-0.25, -0.2) is 17.1 Å². The molecule has 0 spiro atoms. The second-order valence-electron chi connectivity index (χ2n) is 5.29. The van der Waals surface area contributed by atoms with Crippen LogP contribution in [0.3, 0.4) is 0 Å². The Labute approximate surface area is 137 Å². The Bertz CT molecular complexity index is 802. The summed E-state index contributed by atoms with van der Waals surface area (Å²) < 4.78 is 77.2. The second-order valence-corrected chi connectivity index (χ2v) is 7.37. The molecule has 0 bridgehead atoms. The van der Waals surface area contributed by atoms with Gasteiger partial charge in [-0.1, -0.05) is 30.3 Å². The molecule has 2 aromatic rings. The van der Waals surface area contributed by atoms with Gasteiger partial charge in [-0.2, -0.15) is 13.2 Å². The molecule has 0 atom stereocenters. The van der Waals surface area contributed by atoms with Gasteiger partial charge in [0.25, 0.3) is 0 Å². The van der Waals surface area contributed by atoms with Crippen LogP contribution in [0.4, 0.5) is 17.6 Å². The summed E-state index contributed by atoms with van der Waals surface area (Å²) in [6.45, 7) is -0.404. The fourth-order valence-electron chi connectivity index (χ4n) is 2.17. The molecule has 0 aromatic heterocycles. The van der Waals surface area contributed by atoms with E-state index in [1.807, 2.05) is 0 Å². The van der Waals surface area contributed by atoms with Crippen molar-refractivity contribution in [3.8, 4) is 0 Å². The van der Waals surface area contributed by atoms with Gasteiger partial charge in [0, 0.05) is 13.6 Å². The van der Waals surface area contributed by atoms with Crippen molar-refractivity contribution in [1.82, 2.24) is 4.31 Å². The number of rotatable bonds is 5. The SMILES string of the molecule is CN(Cc1ccccc1C(F)(F)F)S(=O)(=O)Cc1ccc(F)cc1. The highest BCUT2D eigenvalue weighted by Crippen LogP contribution is 2.32. The fourth-order valence-corrected chi connectivity index (χ4v) is 3.34. The van der Waals surface area contributed by atoms with Crippen molar-refractivity contribution in [2.75, 3.05) is 7.05 Å². The molecular weight excluding hydrogens is 346 g/mol. The Balaban J connectivity index is 2.20. The molecule has 8 heteroatoms. The molecule has 0 saturated heterocycles. The number of nitrogens with zero attached hydrogens (tertiary/aromatic N) is 1. The minimum Gasteiger partial charge on any atom is -0.212 e. The molecule has 0 amide bonds. The van der Waals surface area contributed by atoms with Gasteiger partial charge in [0.15, 0.2) is 0 Å². The molecule has 0 saturated carbocycles. The minimum atomic E-state index is -4.56. The van der Waals surface area contributed by atoms with Crippen LogP contribution in [0.15, 0.2) is 48.5 Å². The van der Waals surface area contributed by atoms with Crippen LogP contribution in [0.5, 0.6) is 0 Å². The minimum absolute atomic E-state index is 0.129. The molecule has 0 N–H and O–H groups in total. The van der Waals surface area contributed by atoms with Crippen LogP contribution in [0.2, 0.25) is 0 Å². The lowest BCUT2D eigenvalue weighted by Crippen LogP contribution is -2.28. The molecule has 0 aliphatic rings. The summed E-state index contributed by atoms with van der Waals surface area (Å²) in [5.74, 6) is -0.915. The van der Waals surface area contributed by atoms with Crippen LogP contribution in [-0.4, -0.2) is 19.8 Å². The molecule has 2 rings (SSSR count). The van der Waals surface area contributed by atoms with E-state index in [1.165, 1.54) is 37.4 Å². The number of benzene rings is 2. The van der Waals surface area contributed by atoms with Crippen molar-refractivity contribution in [3.63, 3.8) is 0 Å². The van der Waals surface area contributed by atoms with Crippen LogP contribution < -0.4 is 0 Å². The average Bonchev–Trinajstić information content (AvgIpc) is 2.49. The van der Waals surface area contributed by atoms with Crippen LogP contribution in [0, 0.1) is 5.82 Å². The Kier molecular flexibility index (Phi) is 5.29. The maximum absolute atomic E-state index is 13.0. The lowest BCUT2D eigenvalue weighted by molar-refractivity contribution is -0.138. The lowest BCUT2D eigenvalue weighted by atomic mass is 10.1. The average molecular weight is 361 g/mol.